The van der Waals surface area contributed by atoms with Crippen LogP contribution in [-0.4, -0.2) is 12.3 Å². The Hall–Kier alpha value is -0.910. The molecule has 0 bridgehead atoms. The first kappa shape index (κ1) is 14.2. The number of rotatable bonds is 5. The van der Waals surface area contributed by atoms with Crippen LogP contribution in [0.25, 0.3) is 0 Å². The van der Waals surface area contributed by atoms with E-state index in [9.17, 15) is 0 Å². The third kappa shape index (κ3) is 6.41. The van der Waals surface area contributed by atoms with Crippen LogP contribution in [0.3, 0.4) is 0 Å². The van der Waals surface area contributed by atoms with Gasteiger partial charge in [0.05, 0.1) is 6.54 Å². The van der Waals surface area contributed by atoms with Crippen molar-refractivity contribution in [3.63, 3.8) is 0 Å². The van der Waals surface area contributed by atoms with Crippen molar-refractivity contribution in [1.29, 1.82) is 0 Å². The fourth-order valence-corrected chi connectivity index (χ4v) is 2.56. The van der Waals surface area contributed by atoms with Crippen LogP contribution in [-0.2, 0) is 5.75 Å². The van der Waals surface area contributed by atoms with Gasteiger partial charge in [-0.1, -0.05) is 37.8 Å². The summed E-state index contributed by atoms with van der Waals surface area (Å²) < 4.78 is 0. The number of nitrogens with two attached hydrogens (primary N) is 1. The van der Waals surface area contributed by atoms with Crippen molar-refractivity contribution in [3.05, 3.63) is 35.4 Å². The highest BCUT2D eigenvalue weighted by Gasteiger charge is 1.96. The highest BCUT2D eigenvalue weighted by Crippen LogP contribution is 2.15. The Balaban J connectivity index is 2.35. The van der Waals surface area contributed by atoms with Gasteiger partial charge in [-0.15, -0.1) is 0 Å². The maximum Gasteiger partial charge on any atom is 0.0555 e. The molecular formula is C15H21NS. The van der Waals surface area contributed by atoms with Crippen LogP contribution in [0, 0.1) is 17.8 Å². The van der Waals surface area contributed by atoms with Crippen LogP contribution >= 0.6 is 11.8 Å². The summed E-state index contributed by atoms with van der Waals surface area (Å²) >= 11 is 2.00. The predicted octanol–water partition coefficient (Wildman–Crippen LogP) is 3.28. The maximum absolute atomic E-state index is 5.33. The highest BCUT2D eigenvalue weighted by atomic mass is 32.2. The van der Waals surface area contributed by atoms with Gasteiger partial charge >= 0.3 is 0 Å². The first-order valence-corrected chi connectivity index (χ1v) is 7.23. The minimum Gasteiger partial charge on any atom is -0.320 e. The maximum atomic E-state index is 5.33. The standard InChI is InChI=1S/C15H21NS/c1-13(2)9-11-17-12-15-7-5-14(6-8-15)4-3-10-16/h5-8,13H,9-12,16H2,1-2H3. The van der Waals surface area contributed by atoms with Crippen LogP contribution in [0.4, 0.5) is 0 Å². The molecule has 1 rings (SSSR count). The van der Waals surface area contributed by atoms with Crippen molar-refractivity contribution in [1.82, 2.24) is 0 Å². The Bertz CT molecular complexity index is 370. The van der Waals surface area contributed by atoms with E-state index in [1.807, 2.05) is 11.8 Å². The molecule has 2 heteroatoms. The van der Waals surface area contributed by atoms with Gasteiger partial charge < -0.3 is 5.73 Å². The van der Waals surface area contributed by atoms with Gasteiger partial charge in [-0.25, -0.2) is 0 Å². The Kier molecular flexibility index (Phi) is 6.84. The molecule has 0 aromatic heterocycles. The molecule has 1 aromatic rings. The smallest absolute Gasteiger partial charge is 0.0555 e. The quantitative estimate of drug-likeness (QED) is 0.638. The van der Waals surface area contributed by atoms with E-state index in [-0.39, 0.29) is 0 Å². The topological polar surface area (TPSA) is 26.0 Å². The first-order chi connectivity index (χ1) is 8.22. The minimum absolute atomic E-state index is 0.423. The molecule has 0 aliphatic carbocycles. The second-order valence-electron chi connectivity index (χ2n) is 4.44. The Morgan fingerprint density at radius 1 is 1.24 bits per heavy atom. The van der Waals surface area contributed by atoms with E-state index in [4.69, 9.17) is 5.73 Å². The monoisotopic (exact) mass is 247 g/mol. The summed E-state index contributed by atoms with van der Waals surface area (Å²) in [6, 6.07) is 8.45. The van der Waals surface area contributed by atoms with Gasteiger partial charge in [0.1, 0.15) is 0 Å². The Morgan fingerprint density at radius 2 is 1.94 bits per heavy atom. The molecule has 1 aromatic carbocycles. The zero-order valence-corrected chi connectivity index (χ0v) is 11.5. The second kappa shape index (κ2) is 8.22. The number of hydrogen-bond donors (Lipinski definition) is 1. The molecule has 0 amide bonds. The van der Waals surface area contributed by atoms with Crippen molar-refractivity contribution >= 4 is 11.8 Å². The van der Waals surface area contributed by atoms with Gasteiger partial charge in [0.2, 0.25) is 0 Å². The molecule has 92 valence electrons. The SMILES string of the molecule is CC(C)CCSCc1ccc(C#CCN)cc1. The molecule has 0 saturated heterocycles. The number of benzene rings is 1. The second-order valence-corrected chi connectivity index (χ2v) is 5.54. The summed E-state index contributed by atoms with van der Waals surface area (Å²) in [4.78, 5) is 0. The Morgan fingerprint density at radius 3 is 2.53 bits per heavy atom. The Labute approximate surface area is 109 Å². The van der Waals surface area contributed by atoms with Gasteiger partial charge in [-0.3, -0.25) is 0 Å². The van der Waals surface area contributed by atoms with Gasteiger partial charge in [-0.2, -0.15) is 11.8 Å². The largest absolute Gasteiger partial charge is 0.320 e. The van der Waals surface area contributed by atoms with E-state index in [0.29, 0.717) is 6.54 Å². The lowest BCUT2D eigenvalue weighted by Crippen LogP contribution is -1.93. The van der Waals surface area contributed by atoms with Crippen molar-refractivity contribution in [2.24, 2.45) is 11.7 Å². The molecule has 0 aliphatic rings. The predicted molar refractivity (Wildman–Crippen MR) is 78.0 cm³/mol. The van der Waals surface area contributed by atoms with Crippen LogP contribution in [0.5, 0.6) is 0 Å². The third-order valence-corrected chi connectivity index (χ3v) is 3.46. The minimum atomic E-state index is 0.423. The van der Waals surface area contributed by atoms with Crippen LogP contribution < -0.4 is 5.73 Å². The van der Waals surface area contributed by atoms with Crippen molar-refractivity contribution < 1.29 is 0 Å². The molecule has 0 fully saturated rings. The summed E-state index contributed by atoms with van der Waals surface area (Å²) in [6.45, 7) is 4.96. The molecule has 0 spiro atoms. The van der Waals surface area contributed by atoms with E-state index in [1.54, 1.807) is 0 Å². The van der Waals surface area contributed by atoms with E-state index < -0.39 is 0 Å². The zero-order valence-electron chi connectivity index (χ0n) is 10.7. The van der Waals surface area contributed by atoms with Crippen molar-refractivity contribution in [2.75, 3.05) is 12.3 Å². The van der Waals surface area contributed by atoms with Crippen molar-refractivity contribution in [3.8, 4) is 11.8 Å². The summed E-state index contributed by atoms with van der Waals surface area (Å²) in [5.74, 6) is 9.03. The van der Waals surface area contributed by atoms with Gasteiger partial charge in [0.15, 0.2) is 0 Å². The summed E-state index contributed by atoms with van der Waals surface area (Å²) in [5.41, 5.74) is 7.75. The van der Waals surface area contributed by atoms with Gasteiger partial charge in [0.25, 0.3) is 0 Å². The average Bonchev–Trinajstić information content (AvgIpc) is 2.33. The van der Waals surface area contributed by atoms with Crippen molar-refractivity contribution in [2.45, 2.75) is 26.0 Å². The number of thioether (sulfide) groups is 1. The fourth-order valence-electron chi connectivity index (χ4n) is 1.35. The molecule has 1 nitrogen and oxygen atoms in total. The lowest BCUT2D eigenvalue weighted by atomic mass is 10.1. The fraction of sp³-hybridized carbons (Fsp3) is 0.467. The van der Waals surface area contributed by atoms with E-state index in [2.05, 4.69) is 50.0 Å². The molecule has 17 heavy (non-hydrogen) atoms. The normalized spacial score (nSPS) is 10.1. The molecule has 0 radical (unpaired) electrons. The molecule has 2 N–H and O–H groups in total. The molecule has 0 aliphatic heterocycles. The average molecular weight is 247 g/mol. The van der Waals surface area contributed by atoms with Crippen LogP contribution in [0.1, 0.15) is 31.4 Å². The van der Waals surface area contributed by atoms with Crippen LogP contribution in [0.2, 0.25) is 0 Å². The third-order valence-electron chi connectivity index (χ3n) is 2.40. The first-order valence-electron chi connectivity index (χ1n) is 6.08. The van der Waals surface area contributed by atoms with Crippen LogP contribution in [0.15, 0.2) is 24.3 Å². The van der Waals surface area contributed by atoms with E-state index in [0.717, 1.165) is 17.2 Å². The van der Waals surface area contributed by atoms with E-state index in [1.165, 1.54) is 17.7 Å². The lowest BCUT2D eigenvalue weighted by Gasteiger charge is -2.04. The summed E-state index contributed by atoms with van der Waals surface area (Å²) in [6.07, 6.45) is 1.30. The molecule has 0 atom stereocenters. The summed E-state index contributed by atoms with van der Waals surface area (Å²) in [5, 5.41) is 0. The van der Waals surface area contributed by atoms with Gasteiger partial charge in [-0.05, 0) is 35.8 Å². The molecular weight excluding hydrogens is 226 g/mol. The number of hydrogen-bond acceptors (Lipinski definition) is 2. The highest BCUT2D eigenvalue weighted by molar-refractivity contribution is 7.98. The lowest BCUT2D eigenvalue weighted by molar-refractivity contribution is 0.632. The summed E-state index contributed by atoms with van der Waals surface area (Å²) in [7, 11) is 0. The molecule has 0 saturated carbocycles. The molecule has 0 unspecified atom stereocenters. The zero-order chi connectivity index (χ0) is 12.5. The van der Waals surface area contributed by atoms with E-state index >= 15 is 0 Å². The molecule has 0 heterocycles. The van der Waals surface area contributed by atoms with Gasteiger partial charge in [0, 0.05) is 11.3 Å².